The molecule has 3 aromatic rings. The molecule has 1 fully saturated rings. The number of imidazole rings is 1. The first-order chi connectivity index (χ1) is 13.8. The molecule has 1 saturated heterocycles. The van der Waals surface area contributed by atoms with E-state index in [1.807, 2.05) is 6.33 Å². The molecule has 2 aromatic heterocycles. The Balaban J connectivity index is 1.74. The summed E-state index contributed by atoms with van der Waals surface area (Å²) in [5, 5.41) is 0. The average Bonchev–Trinajstić information content (AvgIpc) is 3.40. The van der Waals surface area contributed by atoms with E-state index in [0.29, 0.717) is 19.3 Å². The number of allylic oxidation sites excluding steroid dienone is 1. The second-order valence-corrected chi connectivity index (χ2v) is 7.54. The van der Waals surface area contributed by atoms with E-state index >= 15 is 0 Å². The van der Waals surface area contributed by atoms with Crippen LogP contribution in [0.3, 0.4) is 0 Å². The minimum atomic E-state index is 0.340. The van der Waals surface area contributed by atoms with Gasteiger partial charge in [0.05, 0.1) is 19.5 Å². The fourth-order valence-corrected chi connectivity index (χ4v) is 4.01. The van der Waals surface area contributed by atoms with Crippen molar-refractivity contribution in [3.63, 3.8) is 0 Å². The van der Waals surface area contributed by atoms with Crippen molar-refractivity contribution in [3.05, 3.63) is 41.7 Å². The van der Waals surface area contributed by atoms with Gasteiger partial charge in [-0.15, -0.1) is 0 Å². The molecule has 1 aliphatic heterocycles. The van der Waals surface area contributed by atoms with Gasteiger partial charge in [0.25, 0.3) is 0 Å². The van der Waals surface area contributed by atoms with Gasteiger partial charge < -0.3 is 14.2 Å². The van der Waals surface area contributed by atoms with Gasteiger partial charge in [-0.2, -0.15) is 4.98 Å². The van der Waals surface area contributed by atoms with Crippen LogP contribution >= 0.6 is 0 Å². The molecule has 144 valence electrons. The Kier molecular flexibility index (Phi) is 4.36. The highest BCUT2D eigenvalue weighted by atomic mass is 16.5. The molecule has 2 aliphatic rings. The maximum Gasteiger partial charge on any atom is 0.228 e. The molecule has 6 nitrogen and oxygen atoms in total. The molecule has 0 bridgehead atoms. The van der Waals surface area contributed by atoms with Crippen molar-refractivity contribution in [2.75, 3.05) is 31.2 Å². The van der Waals surface area contributed by atoms with E-state index < -0.39 is 0 Å². The van der Waals surface area contributed by atoms with Crippen molar-refractivity contribution >= 4 is 23.2 Å². The molecule has 0 spiro atoms. The minimum absolute atomic E-state index is 0.340. The minimum Gasteiger partial charge on any atom is -0.378 e. The van der Waals surface area contributed by atoms with Crippen molar-refractivity contribution in [1.82, 2.24) is 19.5 Å². The van der Waals surface area contributed by atoms with Gasteiger partial charge in [0, 0.05) is 24.7 Å². The lowest BCUT2D eigenvalue weighted by atomic mass is 10.0. The number of fused-ring (bicyclic) bond motifs is 2. The van der Waals surface area contributed by atoms with Crippen molar-refractivity contribution in [3.8, 4) is 11.3 Å². The number of hydrogen-bond donors (Lipinski definition) is 0. The average molecular weight is 375 g/mol. The molecule has 5 rings (SSSR count). The van der Waals surface area contributed by atoms with Crippen molar-refractivity contribution in [2.24, 2.45) is 0 Å². The fourth-order valence-electron chi connectivity index (χ4n) is 4.01. The predicted molar refractivity (Wildman–Crippen MR) is 112 cm³/mol. The smallest absolute Gasteiger partial charge is 0.228 e. The van der Waals surface area contributed by atoms with E-state index in [1.165, 1.54) is 11.1 Å². The first-order valence-corrected chi connectivity index (χ1v) is 10.1. The van der Waals surface area contributed by atoms with E-state index in [1.54, 1.807) is 0 Å². The van der Waals surface area contributed by atoms with Gasteiger partial charge in [-0.25, -0.2) is 9.97 Å². The molecule has 6 heteroatoms. The number of benzene rings is 1. The summed E-state index contributed by atoms with van der Waals surface area (Å²) in [4.78, 5) is 16.9. The van der Waals surface area contributed by atoms with Crippen LogP contribution in [0.1, 0.15) is 37.4 Å². The molecule has 0 N–H and O–H groups in total. The van der Waals surface area contributed by atoms with Gasteiger partial charge in [-0.1, -0.05) is 37.3 Å². The zero-order chi connectivity index (χ0) is 19.1. The van der Waals surface area contributed by atoms with Crippen LogP contribution in [0.4, 0.5) is 5.95 Å². The molecular weight excluding hydrogens is 350 g/mol. The first-order valence-electron chi connectivity index (χ1n) is 10.1. The van der Waals surface area contributed by atoms with Gasteiger partial charge in [0.2, 0.25) is 5.95 Å². The van der Waals surface area contributed by atoms with E-state index in [9.17, 15) is 0 Å². The number of nitrogens with zero attached hydrogens (tertiary/aromatic N) is 5. The van der Waals surface area contributed by atoms with Crippen molar-refractivity contribution in [1.29, 1.82) is 0 Å². The van der Waals surface area contributed by atoms with Gasteiger partial charge in [-0.3, -0.25) is 0 Å². The van der Waals surface area contributed by atoms with Crippen LogP contribution in [0.25, 0.3) is 28.5 Å². The van der Waals surface area contributed by atoms with E-state index in [2.05, 4.69) is 53.7 Å². The second kappa shape index (κ2) is 7.02. The highest BCUT2D eigenvalue weighted by molar-refractivity contribution is 5.92. The van der Waals surface area contributed by atoms with Crippen molar-refractivity contribution < 1.29 is 4.74 Å². The summed E-state index contributed by atoms with van der Waals surface area (Å²) in [5.41, 5.74) is 6.47. The first kappa shape index (κ1) is 17.4. The number of hydrogen-bond acceptors (Lipinski definition) is 5. The Morgan fingerprint density at radius 2 is 2.04 bits per heavy atom. The maximum absolute atomic E-state index is 5.52. The molecule has 0 radical (unpaired) electrons. The number of ether oxygens (including phenoxy) is 1. The third kappa shape index (κ3) is 2.79. The Morgan fingerprint density at radius 1 is 1.18 bits per heavy atom. The summed E-state index contributed by atoms with van der Waals surface area (Å²) in [6.45, 7) is 7.46. The van der Waals surface area contributed by atoms with Crippen LogP contribution in [-0.2, 0) is 11.2 Å². The summed E-state index contributed by atoms with van der Waals surface area (Å²) < 4.78 is 7.71. The second-order valence-electron chi connectivity index (χ2n) is 7.54. The molecule has 1 unspecified atom stereocenters. The van der Waals surface area contributed by atoms with Gasteiger partial charge in [0.1, 0.15) is 11.2 Å². The molecule has 0 saturated carbocycles. The lowest BCUT2D eigenvalue weighted by molar-refractivity contribution is 0.122. The third-order valence-corrected chi connectivity index (χ3v) is 5.84. The SMILES string of the molecule is CCC(C)n1cnc2c(-c3cccc4c3C=CC4)nc(N3CCOCC3)nc21. The zero-order valence-electron chi connectivity index (χ0n) is 16.4. The fraction of sp³-hybridized carbons (Fsp3) is 0.409. The third-order valence-electron chi connectivity index (χ3n) is 5.84. The molecule has 3 heterocycles. The quantitative estimate of drug-likeness (QED) is 0.693. The number of rotatable bonds is 4. The molecule has 1 aliphatic carbocycles. The number of aromatic nitrogens is 4. The summed E-state index contributed by atoms with van der Waals surface area (Å²) in [5.74, 6) is 0.774. The topological polar surface area (TPSA) is 56.1 Å². The Labute approximate surface area is 164 Å². The van der Waals surface area contributed by atoms with Gasteiger partial charge >= 0.3 is 0 Å². The van der Waals surface area contributed by atoms with Crippen LogP contribution in [0.5, 0.6) is 0 Å². The Morgan fingerprint density at radius 3 is 2.86 bits per heavy atom. The molecule has 0 amide bonds. The highest BCUT2D eigenvalue weighted by Crippen LogP contribution is 2.35. The largest absolute Gasteiger partial charge is 0.378 e. The van der Waals surface area contributed by atoms with Crippen LogP contribution in [0.2, 0.25) is 0 Å². The predicted octanol–water partition coefficient (Wildman–Crippen LogP) is 3.87. The molecular formula is C22H25N5O. The number of anilines is 1. The van der Waals surface area contributed by atoms with E-state index in [0.717, 1.165) is 54.3 Å². The Bertz CT molecular complexity index is 1050. The molecule has 1 atom stereocenters. The number of morpholine rings is 1. The van der Waals surface area contributed by atoms with E-state index in [-0.39, 0.29) is 0 Å². The summed E-state index contributed by atoms with van der Waals surface area (Å²) in [6.07, 6.45) is 8.35. The zero-order valence-corrected chi connectivity index (χ0v) is 16.4. The lowest BCUT2D eigenvalue weighted by Crippen LogP contribution is -2.37. The molecule has 28 heavy (non-hydrogen) atoms. The van der Waals surface area contributed by atoms with Gasteiger partial charge in [0.15, 0.2) is 5.65 Å². The van der Waals surface area contributed by atoms with Crippen LogP contribution < -0.4 is 4.90 Å². The van der Waals surface area contributed by atoms with Crippen LogP contribution in [0.15, 0.2) is 30.6 Å². The van der Waals surface area contributed by atoms with Crippen LogP contribution in [0, 0.1) is 0 Å². The Hall–Kier alpha value is -2.73. The van der Waals surface area contributed by atoms with Gasteiger partial charge in [-0.05, 0) is 30.9 Å². The monoisotopic (exact) mass is 375 g/mol. The van der Waals surface area contributed by atoms with Crippen molar-refractivity contribution in [2.45, 2.75) is 32.7 Å². The summed E-state index contributed by atoms with van der Waals surface area (Å²) in [6, 6.07) is 6.81. The lowest BCUT2D eigenvalue weighted by Gasteiger charge is -2.27. The summed E-state index contributed by atoms with van der Waals surface area (Å²) in [7, 11) is 0. The summed E-state index contributed by atoms with van der Waals surface area (Å²) >= 11 is 0. The molecule has 1 aromatic carbocycles. The normalized spacial score (nSPS) is 17.3. The van der Waals surface area contributed by atoms with Crippen LogP contribution in [-0.4, -0.2) is 45.8 Å². The highest BCUT2D eigenvalue weighted by Gasteiger charge is 2.23. The standard InChI is InChI=1S/C22H25N5O/c1-3-15(2)27-14-23-20-19(18-9-5-7-16-6-4-8-17(16)18)24-22(25-21(20)27)26-10-12-28-13-11-26/h4-5,7-9,14-15H,3,6,10-13H2,1-2H3. The van der Waals surface area contributed by atoms with E-state index in [4.69, 9.17) is 19.7 Å². The maximum atomic E-state index is 5.52.